The Morgan fingerprint density at radius 2 is 1.95 bits per heavy atom. The second kappa shape index (κ2) is 4.39. The normalized spacial score (nSPS) is 10.8. The lowest BCUT2D eigenvalue weighted by molar-refractivity contribution is 0.432. The molecular formula is C11H6F2N4OS. The summed E-state index contributed by atoms with van der Waals surface area (Å²) in [6, 6.07) is 3.51. The van der Waals surface area contributed by atoms with E-state index in [4.69, 9.17) is 10.3 Å². The average molecular weight is 280 g/mol. The van der Waals surface area contributed by atoms with Crippen molar-refractivity contribution in [3.8, 4) is 22.2 Å². The molecule has 5 nitrogen and oxygen atoms in total. The summed E-state index contributed by atoms with van der Waals surface area (Å²) in [4.78, 5) is 8.31. The molecule has 0 atom stereocenters. The number of benzene rings is 1. The molecule has 96 valence electrons. The first-order valence-corrected chi connectivity index (χ1v) is 5.96. The highest BCUT2D eigenvalue weighted by Crippen LogP contribution is 2.29. The molecule has 0 spiro atoms. The second-order valence-corrected chi connectivity index (χ2v) is 4.64. The van der Waals surface area contributed by atoms with E-state index in [0.29, 0.717) is 10.0 Å². The molecule has 0 bridgehead atoms. The summed E-state index contributed by atoms with van der Waals surface area (Å²) in [6.45, 7) is 0. The number of nitrogens with two attached hydrogens (primary N) is 1. The molecule has 0 aliphatic carbocycles. The number of halogens is 2. The summed E-state index contributed by atoms with van der Waals surface area (Å²) >= 11 is 1.14. The van der Waals surface area contributed by atoms with Gasteiger partial charge in [0.15, 0.2) is 5.13 Å². The summed E-state index contributed by atoms with van der Waals surface area (Å²) in [6.07, 6.45) is 1.45. The van der Waals surface area contributed by atoms with Gasteiger partial charge in [-0.3, -0.25) is 0 Å². The van der Waals surface area contributed by atoms with Crippen LogP contribution in [0.2, 0.25) is 0 Å². The lowest BCUT2D eigenvalue weighted by Crippen LogP contribution is -1.91. The Kier molecular flexibility index (Phi) is 2.71. The Bertz CT molecular complexity index is 720. The Morgan fingerprint density at radius 1 is 1.21 bits per heavy atom. The quantitative estimate of drug-likeness (QED) is 0.781. The maximum absolute atomic E-state index is 13.6. The lowest BCUT2D eigenvalue weighted by atomic mass is 10.2. The van der Waals surface area contributed by atoms with Crippen LogP contribution < -0.4 is 5.73 Å². The fraction of sp³-hybridized carbons (Fsp3) is 0. The number of nitrogens with zero attached hydrogens (tertiary/aromatic N) is 3. The molecule has 0 saturated heterocycles. The van der Waals surface area contributed by atoms with Crippen molar-refractivity contribution in [3.63, 3.8) is 0 Å². The minimum Gasteiger partial charge on any atom is -0.375 e. The van der Waals surface area contributed by atoms with Gasteiger partial charge in [-0.2, -0.15) is 4.98 Å². The lowest BCUT2D eigenvalue weighted by Gasteiger charge is -1.97. The maximum Gasteiger partial charge on any atom is 0.270 e. The summed E-state index contributed by atoms with van der Waals surface area (Å²) in [5, 5.41) is 3.91. The van der Waals surface area contributed by atoms with Gasteiger partial charge in [-0.05, 0) is 12.1 Å². The van der Waals surface area contributed by atoms with Crippen molar-refractivity contribution < 1.29 is 13.3 Å². The molecule has 2 heterocycles. The average Bonchev–Trinajstić information content (AvgIpc) is 2.98. The van der Waals surface area contributed by atoms with Gasteiger partial charge in [0.25, 0.3) is 5.89 Å². The van der Waals surface area contributed by atoms with E-state index in [1.165, 1.54) is 12.3 Å². The SMILES string of the molecule is Nc1ncc(-c2nc(-c3c(F)cccc3F)no2)s1. The molecular weight excluding hydrogens is 274 g/mol. The van der Waals surface area contributed by atoms with Gasteiger partial charge < -0.3 is 10.3 Å². The van der Waals surface area contributed by atoms with E-state index in [0.717, 1.165) is 23.5 Å². The van der Waals surface area contributed by atoms with Crippen molar-refractivity contribution in [1.29, 1.82) is 0 Å². The number of anilines is 1. The van der Waals surface area contributed by atoms with Crippen molar-refractivity contribution in [1.82, 2.24) is 15.1 Å². The highest BCUT2D eigenvalue weighted by atomic mass is 32.1. The van der Waals surface area contributed by atoms with Crippen LogP contribution >= 0.6 is 11.3 Å². The fourth-order valence-electron chi connectivity index (χ4n) is 1.52. The third-order valence-corrected chi connectivity index (χ3v) is 3.16. The maximum atomic E-state index is 13.6. The predicted octanol–water partition coefficient (Wildman–Crippen LogP) is 2.72. The summed E-state index contributed by atoms with van der Waals surface area (Å²) < 4.78 is 32.1. The molecule has 0 aliphatic heterocycles. The minimum absolute atomic E-state index is 0.117. The van der Waals surface area contributed by atoms with Gasteiger partial charge in [0.05, 0.1) is 11.8 Å². The number of hydrogen-bond acceptors (Lipinski definition) is 6. The van der Waals surface area contributed by atoms with Crippen LogP contribution in [-0.4, -0.2) is 15.1 Å². The predicted molar refractivity (Wildman–Crippen MR) is 65.2 cm³/mol. The zero-order chi connectivity index (χ0) is 13.4. The molecule has 19 heavy (non-hydrogen) atoms. The fourth-order valence-corrected chi connectivity index (χ4v) is 2.13. The first kappa shape index (κ1) is 11.7. The standard InChI is InChI=1S/C11H6F2N4OS/c12-5-2-1-3-6(13)8(5)9-16-10(18-17-9)7-4-15-11(14)19-7/h1-4H,(H2,14,15). The summed E-state index contributed by atoms with van der Waals surface area (Å²) in [5.74, 6) is -1.54. The van der Waals surface area contributed by atoms with E-state index in [2.05, 4.69) is 15.1 Å². The first-order valence-electron chi connectivity index (χ1n) is 5.15. The first-order chi connectivity index (χ1) is 9.15. The number of nitrogen functional groups attached to an aromatic ring is 1. The Labute approximate surface area is 109 Å². The van der Waals surface area contributed by atoms with E-state index in [-0.39, 0.29) is 17.3 Å². The molecule has 0 unspecified atom stereocenters. The van der Waals surface area contributed by atoms with Gasteiger partial charge in [-0.1, -0.05) is 22.6 Å². The van der Waals surface area contributed by atoms with E-state index < -0.39 is 11.6 Å². The second-order valence-electron chi connectivity index (χ2n) is 3.58. The summed E-state index contributed by atoms with van der Waals surface area (Å²) in [7, 11) is 0. The van der Waals surface area contributed by atoms with Crippen LogP contribution in [0.25, 0.3) is 22.2 Å². The van der Waals surface area contributed by atoms with E-state index >= 15 is 0 Å². The van der Waals surface area contributed by atoms with Gasteiger partial charge in [0, 0.05) is 0 Å². The molecule has 0 amide bonds. The zero-order valence-corrected chi connectivity index (χ0v) is 10.1. The highest BCUT2D eigenvalue weighted by Gasteiger charge is 2.18. The number of rotatable bonds is 2. The topological polar surface area (TPSA) is 77.8 Å². The van der Waals surface area contributed by atoms with E-state index in [1.807, 2.05) is 0 Å². The van der Waals surface area contributed by atoms with Crippen LogP contribution in [0.4, 0.5) is 13.9 Å². The van der Waals surface area contributed by atoms with Crippen molar-refractivity contribution >= 4 is 16.5 Å². The molecule has 8 heteroatoms. The minimum atomic E-state index is -0.754. The molecule has 1 aromatic carbocycles. The third kappa shape index (κ3) is 2.06. The molecule has 0 saturated carbocycles. The van der Waals surface area contributed by atoms with E-state index in [9.17, 15) is 8.78 Å². The summed E-state index contributed by atoms with van der Waals surface area (Å²) in [5.41, 5.74) is 5.16. The molecule has 0 fully saturated rings. The zero-order valence-electron chi connectivity index (χ0n) is 9.30. The molecule has 0 aliphatic rings. The molecule has 3 rings (SSSR count). The van der Waals surface area contributed by atoms with Gasteiger partial charge in [0.2, 0.25) is 5.82 Å². The van der Waals surface area contributed by atoms with E-state index in [1.54, 1.807) is 0 Å². The number of thiazole rings is 1. The largest absolute Gasteiger partial charge is 0.375 e. The Hall–Kier alpha value is -2.35. The van der Waals surface area contributed by atoms with Gasteiger partial charge in [-0.15, -0.1) is 0 Å². The van der Waals surface area contributed by atoms with Gasteiger partial charge in [-0.25, -0.2) is 13.8 Å². The van der Waals surface area contributed by atoms with Gasteiger partial charge >= 0.3 is 0 Å². The van der Waals surface area contributed by atoms with Crippen LogP contribution in [0, 0.1) is 11.6 Å². The van der Waals surface area contributed by atoms with Crippen LogP contribution in [0.15, 0.2) is 28.9 Å². The molecule has 2 aromatic heterocycles. The number of hydrogen-bond donors (Lipinski definition) is 1. The molecule has 0 radical (unpaired) electrons. The Morgan fingerprint density at radius 3 is 2.58 bits per heavy atom. The van der Waals surface area contributed by atoms with Crippen LogP contribution in [0.1, 0.15) is 0 Å². The molecule has 2 N–H and O–H groups in total. The third-order valence-electron chi connectivity index (χ3n) is 2.35. The van der Waals surface area contributed by atoms with Crippen LogP contribution in [0.5, 0.6) is 0 Å². The van der Waals surface area contributed by atoms with Crippen LogP contribution in [-0.2, 0) is 0 Å². The van der Waals surface area contributed by atoms with Crippen molar-refractivity contribution in [3.05, 3.63) is 36.0 Å². The van der Waals surface area contributed by atoms with Crippen LogP contribution in [0.3, 0.4) is 0 Å². The molecule has 3 aromatic rings. The van der Waals surface area contributed by atoms with Crippen molar-refractivity contribution in [2.75, 3.05) is 5.73 Å². The van der Waals surface area contributed by atoms with Gasteiger partial charge in [0.1, 0.15) is 16.5 Å². The number of aromatic nitrogens is 3. The smallest absolute Gasteiger partial charge is 0.270 e. The van der Waals surface area contributed by atoms with Crippen molar-refractivity contribution in [2.24, 2.45) is 0 Å². The monoisotopic (exact) mass is 280 g/mol. The highest BCUT2D eigenvalue weighted by molar-refractivity contribution is 7.18. The van der Waals surface area contributed by atoms with Crippen molar-refractivity contribution in [2.45, 2.75) is 0 Å². The Balaban J connectivity index is 2.06.